The number of hydrogen-bond donors (Lipinski definition) is 0. The third-order valence-corrected chi connectivity index (χ3v) is 6.99. The Morgan fingerprint density at radius 2 is 1.73 bits per heavy atom. The molecule has 0 radical (unpaired) electrons. The van der Waals surface area contributed by atoms with Gasteiger partial charge in [0.1, 0.15) is 0 Å². The van der Waals surface area contributed by atoms with Crippen LogP contribution in [-0.4, -0.2) is 15.0 Å². The second-order valence-corrected chi connectivity index (χ2v) is 6.04. The van der Waals surface area contributed by atoms with Crippen LogP contribution in [0.3, 0.4) is 0 Å². The van der Waals surface area contributed by atoms with Gasteiger partial charge in [0.05, 0.1) is 9.16 Å². The third kappa shape index (κ3) is 2.41. The van der Waals surface area contributed by atoms with Gasteiger partial charge in [-0.25, -0.2) is 4.99 Å². The van der Waals surface area contributed by atoms with E-state index in [0.717, 1.165) is 9.16 Å². The summed E-state index contributed by atoms with van der Waals surface area (Å²) in [6, 6.07) is 0. The Hall–Kier alpha value is 1.86. The zero-order valence-electron chi connectivity index (χ0n) is 5.79. The van der Waals surface area contributed by atoms with Gasteiger partial charge >= 0.3 is 0 Å². The molecule has 1 heterocycles. The molecule has 0 bridgehead atoms. The fourth-order valence-electron chi connectivity index (χ4n) is 0.767. The molecule has 0 aromatic rings. The number of aliphatic imine (C=N–C) groups is 1. The molecule has 0 fully saturated rings. The van der Waals surface area contributed by atoms with Crippen LogP contribution in [0, 0.1) is 0 Å². The molecule has 6 heteroatoms. The van der Waals surface area contributed by atoms with Gasteiger partial charge in [0.25, 0.3) is 0 Å². The van der Waals surface area contributed by atoms with Crippen molar-refractivity contribution in [2.24, 2.45) is 4.99 Å². The fraction of sp³-hybridized carbons (Fsp3) is 0.400. The summed E-state index contributed by atoms with van der Waals surface area (Å²) in [5.74, 6) is 0. The van der Waals surface area contributed by atoms with Crippen molar-refractivity contribution in [3.63, 3.8) is 0 Å². The predicted octanol–water partition coefficient (Wildman–Crippen LogP) is 2.24. The topological polar surface area (TPSA) is 12.4 Å². The van der Waals surface area contributed by atoms with Gasteiger partial charge in [-0.3, -0.25) is 0 Å². The first-order chi connectivity index (χ1) is 5.04. The van der Waals surface area contributed by atoms with Crippen molar-refractivity contribution >= 4 is 63.3 Å². The Kier molecular flexibility index (Phi) is 4.36. The van der Waals surface area contributed by atoms with Crippen LogP contribution in [0.4, 0.5) is 0 Å². The molecular weight excluding hydrogens is 325 g/mol. The number of halogens is 1. The fourth-order valence-corrected chi connectivity index (χ4v) is 3.72. The van der Waals surface area contributed by atoms with Crippen molar-refractivity contribution in [3.05, 3.63) is 10.8 Å². The van der Waals surface area contributed by atoms with E-state index in [1.54, 1.807) is 0 Å². The maximum absolute atomic E-state index is 4.39. The van der Waals surface area contributed by atoms with Gasteiger partial charge in [-0.15, -0.1) is 27.7 Å². The molecule has 1 nitrogen and oxygen atoms in total. The van der Waals surface area contributed by atoms with E-state index in [2.05, 4.69) is 64.5 Å². The summed E-state index contributed by atoms with van der Waals surface area (Å²) in [6.45, 7) is 0. The first-order valence-electron chi connectivity index (χ1n) is 3.04. The molecule has 0 saturated heterocycles. The van der Waals surface area contributed by atoms with E-state index in [-0.39, 0.29) is 0 Å². The Labute approximate surface area is 90.0 Å². The lowest BCUT2D eigenvalue weighted by molar-refractivity contribution is 1.10. The lowest BCUT2D eigenvalue weighted by Crippen LogP contribution is -2.23. The highest BCUT2D eigenvalue weighted by molar-refractivity contribution is 14.1. The van der Waals surface area contributed by atoms with E-state index in [0.29, 0.717) is 11.3 Å². The normalized spacial score (nSPS) is 32.3. The number of hydrogen-bond acceptors (Lipinski definition) is 1. The average molecular weight is 335 g/mol. The SMILES string of the molecule is PC1=C(P)C(P)C(P)C(I)=N1. The van der Waals surface area contributed by atoms with E-state index in [9.17, 15) is 0 Å². The molecule has 1 aliphatic heterocycles. The van der Waals surface area contributed by atoms with E-state index >= 15 is 0 Å². The first kappa shape index (κ1) is 10.9. The molecule has 6 unspecified atom stereocenters. The minimum absolute atomic E-state index is 0.456. The molecule has 1 aliphatic rings. The predicted molar refractivity (Wildman–Crippen MR) is 74.9 cm³/mol. The highest BCUT2D eigenvalue weighted by Crippen LogP contribution is 2.38. The van der Waals surface area contributed by atoms with Gasteiger partial charge in [0, 0.05) is 11.3 Å². The molecule has 0 spiro atoms. The zero-order chi connectivity index (χ0) is 8.59. The van der Waals surface area contributed by atoms with Gasteiger partial charge in [-0.1, -0.05) is 9.24 Å². The summed E-state index contributed by atoms with van der Waals surface area (Å²) in [6.07, 6.45) is 0. The van der Waals surface area contributed by atoms with Gasteiger partial charge in [-0.2, -0.15) is 0 Å². The molecule has 0 N–H and O–H groups in total. The summed E-state index contributed by atoms with van der Waals surface area (Å²) in [4.78, 5) is 4.39. The van der Waals surface area contributed by atoms with Crippen LogP contribution in [0.15, 0.2) is 15.7 Å². The molecule has 0 aromatic heterocycles. The molecule has 11 heavy (non-hydrogen) atoms. The van der Waals surface area contributed by atoms with Gasteiger partial charge in [-0.05, 0) is 27.9 Å². The standard InChI is InChI=1S/C5H10INP4/c6-4-2(9)1(8)3(10)5(11)7-4/h1-2H,8-11H2. The van der Waals surface area contributed by atoms with Crippen LogP contribution in [-0.2, 0) is 0 Å². The lowest BCUT2D eigenvalue weighted by atomic mass is 10.2. The van der Waals surface area contributed by atoms with Crippen molar-refractivity contribution in [1.82, 2.24) is 0 Å². The Balaban J connectivity index is 3.01. The average Bonchev–Trinajstić information content (AvgIpc) is 1.97. The van der Waals surface area contributed by atoms with Crippen molar-refractivity contribution in [2.75, 3.05) is 0 Å². The maximum atomic E-state index is 4.39. The quantitative estimate of drug-likeness (QED) is 0.476. The summed E-state index contributed by atoms with van der Waals surface area (Å²) in [5.41, 5.74) is 2.00. The van der Waals surface area contributed by atoms with E-state index in [4.69, 9.17) is 0 Å². The molecule has 1 rings (SSSR count). The summed E-state index contributed by atoms with van der Waals surface area (Å²) < 4.78 is 1.16. The van der Waals surface area contributed by atoms with E-state index in [1.807, 2.05) is 0 Å². The van der Waals surface area contributed by atoms with Crippen molar-refractivity contribution in [1.29, 1.82) is 0 Å². The first-order valence-corrected chi connectivity index (χ1v) is 6.61. The monoisotopic (exact) mass is 335 g/mol. The summed E-state index contributed by atoms with van der Waals surface area (Å²) >= 11 is 2.28. The molecule has 0 amide bonds. The molecule has 0 aromatic carbocycles. The lowest BCUT2D eigenvalue weighted by Gasteiger charge is -2.24. The molecule has 6 atom stereocenters. The molecule has 0 aliphatic carbocycles. The van der Waals surface area contributed by atoms with E-state index < -0.39 is 0 Å². The zero-order valence-corrected chi connectivity index (χ0v) is 12.6. The smallest absolute Gasteiger partial charge is 0.0869 e. The van der Waals surface area contributed by atoms with Crippen LogP contribution >= 0.6 is 59.6 Å². The van der Waals surface area contributed by atoms with Crippen LogP contribution in [0.1, 0.15) is 0 Å². The van der Waals surface area contributed by atoms with Crippen molar-refractivity contribution < 1.29 is 0 Å². The molecule has 62 valence electrons. The second-order valence-electron chi connectivity index (χ2n) is 2.33. The largest absolute Gasteiger partial charge is 0.246 e. The Bertz CT molecular complexity index is 237. The Morgan fingerprint density at radius 1 is 1.18 bits per heavy atom. The number of allylic oxidation sites excluding steroid dienone is 1. The highest BCUT2D eigenvalue weighted by Gasteiger charge is 2.23. The minimum Gasteiger partial charge on any atom is -0.246 e. The van der Waals surface area contributed by atoms with Gasteiger partial charge in [0.2, 0.25) is 0 Å². The summed E-state index contributed by atoms with van der Waals surface area (Å²) in [7, 11) is 11.0. The van der Waals surface area contributed by atoms with E-state index in [1.165, 1.54) is 5.31 Å². The third-order valence-electron chi connectivity index (χ3n) is 1.54. The minimum atomic E-state index is 0.456. The highest BCUT2D eigenvalue weighted by atomic mass is 127. The number of rotatable bonds is 0. The van der Waals surface area contributed by atoms with Gasteiger partial charge < -0.3 is 0 Å². The van der Waals surface area contributed by atoms with Gasteiger partial charge in [0.15, 0.2) is 0 Å². The summed E-state index contributed by atoms with van der Waals surface area (Å²) in [5, 5.41) is 1.26. The van der Waals surface area contributed by atoms with Crippen LogP contribution in [0.25, 0.3) is 0 Å². The molecular formula is C5H10INP4. The second kappa shape index (κ2) is 4.39. The Morgan fingerprint density at radius 3 is 2.27 bits per heavy atom. The van der Waals surface area contributed by atoms with Crippen molar-refractivity contribution in [2.45, 2.75) is 11.3 Å². The van der Waals surface area contributed by atoms with Crippen LogP contribution in [0.5, 0.6) is 0 Å². The van der Waals surface area contributed by atoms with Crippen LogP contribution < -0.4 is 0 Å². The van der Waals surface area contributed by atoms with Crippen molar-refractivity contribution in [3.8, 4) is 0 Å². The van der Waals surface area contributed by atoms with Crippen LogP contribution in [0.2, 0.25) is 0 Å². The number of nitrogens with zero attached hydrogens (tertiary/aromatic N) is 1. The molecule has 0 saturated carbocycles. The maximum Gasteiger partial charge on any atom is 0.0869 e.